The summed E-state index contributed by atoms with van der Waals surface area (Å²) in [6, 6.07) is 19.8. The third kappa shape index (κ3) is 3.96. The third-order valence-corrected chi connectivity index (χ3v) is 5.41. The number of carboxylic acids is 1. The summed E-state index contributed by atoms with van der Waals surface area (Å²) >= 11 is 0. The molecule has 1 saturated heterocycles. The first-order valence-electron chi connectivity index (χ1n) is 9.20. The van der Waals surface area contributed by atoms with Gasteiger partial charge in [0.15, 0.2) is 0 Å². The summed E-state index contributed by atoms with van der Waals surface area (Å²) in [5.41, 5.74) is 2.21. The molecule has 0 bridgehead atoms. The van der Waals surface area contributed by atoms with Gasteiger partial charge in [0.2, 0.25) is 5.91 Å². The van der Waals surface area contributed by atoms with Crippen molar-refractivity contribution >= 4 is 11.9 Å². The second kappa shape index (κ2) is 8.17. The summed E-state index contributed by atoms with van der Waals surface area (Å²) in [6.45, 7) is 2.50. The molecule has 26 heavy (non-hydrogen) atoms. The lowest BCUT2D eigenvalue weighted by atomic mass is 9.86. The molecule has 2 aromatic rings. The van der Waals surface area contributed by atoms with Gasteiger partial charge in [0.1, 0.15) is 0 Å². The first kappa shape index (κ1) is 18.2. The van der Waals surface area contributed by atoms with Crippen molar-refractivity contribution in [3.05, 3.63) is 71.8 Å². The lowest BCUT2D eigenvalue weighted by Crippen LogP contribution is -2.49. The molecule has 0 aliphatic carbocycles. The number of carboxylic acid groups (broad SMARTS) is 1. The summed E-state index contributed by atoms with van der Waals surface area (Å²) < 4.78 is 0. The molecule has 2 aromatic carbocycles. The van der Waals surface area contributed by atoms with Crippen molar-refractivity contribution in [2.45, 2.75) is 38.1 Å². The molecular weight excluding hydrogens is 326 g/mol. The Morgan fingerprint density at radius 1 is 1.04 bits per heavy atom. The molecule has 0 aromatic heterocycles. The predicted octanol–water partition coefficient (Wildman–Crippen LogP) is 3.92. The summed E-state index contributed by atoms with van der Waals surface area (Å²) in [4.78, 5) is 26.3. The topological polar surface area (TPSA) is 57.6 Å². The Morgan fingerprint density at radius 2 is 1.58 bits per heavy atom. The van der Waals surface area contributed by atoms with E-state index in [0.717, 1.165) is 17.5 Å². The molecule has 4 heteroatoms. The fourth-order valence-electron chi connectivity index (χ4n) is 3.92. The average molecular weight is 351 g/mol. The maximum absolute atomic E-state index is 13.1. The summed E-state index contributed by atoms with van der Waals surface area (Å²) in [5, 5.41) is 9.41. The van der Waals surface area contributed by atoms with Crippen LogP contribution < -0.4 is 0 Å². The quantitative estimate of drug-likeness (QED) is 0.888. The van der Waals surface area contributed by atoms with Gasteiger partial charge in [-0.1, -0.05) is 60.7 Å². The molecule has 1 aliphatic heterocycles. The highest BCUT2D eigenvalue weighted by Gasteiger charge is 2.36. The fraction of sp³-hybridized carbons (Fsp3) is 0.364. The van der Waals surface area contributed by atoms with E-state index in [-0.39, 0.29) is 17.9 Å². The largest absolute Gasteiger partial charge is 0.481 e. The molecule has 1 N–H and O–H groups in total. The highest BCUT2D eigenvalue weighted by molar-refractivity contribution is 5.80. The second-order valence-electron chi connectivity index (χ2n) is 6.99. The molecule has 0 unspecified atom stereocenters. The van der Waals surface area contributed by atoms with Gasteiger partial charge in [-0.15, -0.1) is 0 Å². The van der Waals surface area contributed by atoms with Crippen molar-refractivity contribution in [3.8, 4) is 0 Å². The van der Waals surface area contributed by atoms with Crippen LogP contribution in [0, 0.1) is 5.92 Å². The van der Waals surface area contributed by atoms with Crippen LogP contribution in [0.5, 0.6) is 0 Å². The van der Waals surface area contributed by atoms with Crippen molar-refractivity contribution in [3.63, 3.8) is 0 Å². The third-order valence-electron chi connectivity index (χ3n) is 5.41. The molecule has 1 fully saturated rings. The number of hydrogen-bond acceptors (Lipinski definition) is 2. The number of carbonyl (C=O) groups is 2. The first-order chi connectivity index (χ1) is 12.6. The van der Waals surface area contributed by atoms with Gasteiger partial charge in [0.25, 0.3) is 0 Å². The van der Waals surface area contributed by atoms with Crippen LogP contribution in [-0.4, -0.2) is 34.5 Å². The molecule has 1 amide bonds. The molecule has 0 saturated carbocycles. The summed E-state index contributed by atoms with van der Waals surface area (Å²) in [6.07, 6.45) is 1.74. The van der Waals surface area contributed by atoms with Crippen LogP contribution in [0.25, 0.3) is 0 Å². The molecule has 2 atom stereocenters. The number of carbonyl (C=O) groups excluding carboxylic acids is 1. The fourth-order valence-corrected chi connectivity index (χ4v) is 3.92. The lowest BCUT2D eigenvalue weighted by Gasteiger charge is -2.38. The zero-order valence-corrected chi connectivity index (χ0v) is 15.0. The van der Waals surface area contributed by atoms with Crippen LogP contribution in [0.3, 0.4) is 0 Å². The number of amides is 1. The number of likely N-dealkylation sites (tertiary alicyclic amines) is 1. The number of hydrogen-bond donors (Lipinski definition) is 1. The molecule has 136 valence electrons. The zero-order valence-electron chi connectivity index (χ0n) is 15.0. The van der Waals surface area contributed by atoms with Gasteiger partial charge in [0.05, 0.1) is 5.92 Å². The van der Waals surface area contributed by atoms with Gasteiger partial charge in [0, 0.05) is 24.9 Å². The maximum atomic E-state index is 13.1. The van der Waals surface area contributed by atoms with E-state index in [4.69, 9.17) is 0 Å². The van der Waals surface area contributed by atoms with Gasteiger partial charge in [-0.3, -0.25) is 9.59 Å². The highest BCUT2D eigenvalue weighted by atomic mass is 16.4. The smallest absolute Gasteiger partial charge is 0.308 e. The predicted molar refractivity (Wildman–Crippen MR) is 101 cm³/mol. The van der Waals surface area contributed by atoms with E-state index < -0.39 is 11.9 Å². The van der Waals surface area contributed by atoms with Crippen molar-refractivity contribution in [2.24, 2.45) is 5.92 Å². The monoisotopic (exact) mass is 351 g/mol. The van der Waals surface area contributed by atoms with Crippen LogP contribution in [0.2, 0.25) is 0 Å². The normalized spacial score (nSPS) is 20.2. The van der Waals surface area contributed by atoms with E-state index in [1.54, 1.807) is 4.90 Å². The Morgan fingerprint density at radius 3 is 2.08 bits per heavy atom. The molecule has 3 rings (SSSR count). The van der Waals surface area contributed by atoms with Crippen molar-refractivity contribution in [2.75, 3.05) is 6.54 Å². The second-order valence-corrected chi connectivity index (χ2v) is 6.99. The zero-order chi connectivity index (χ0) is 18.5. The van der Waals surface area contributed by atoms with Crippen molar-refractivity contribution in [1.29, 1.82) is 0 Å². The maximum Gasteiger partial charge on any atom is 0.308 e. The van der Waals surface area contributed by atoms with Crippen molar-refractivity contribution < 1.29 is 14.7 Å². The molecule has 4 nitrogen and oxygen atoms in total. The van der Waals surface area contributed by atoms with Gasteiger partial charge in [-0.25, -0.2) is 0 Å². The molecule has 0 radical (unpaired) electrons. The van der Waals surface area contributed by atoms with Crippen LogP contribution in [-0.2, 0) is 9.59 Å². The summed E-state index contributed by atoms with van der Waals surface area (Å²) in [7, 11) is 0. The van der Waals surface area contributed by atoms with Crippen LogP contribution in [0.15, 0.2) is 60.7 Å². The molecule has 1 aliphatic rings. The van der Waals surface area contributed by atoms with E-state index in [1.165, 1.54) is 0 Å². The van der Waals surface area contributed by atoms with E-state index in [9.17, 15) is 14.7 Å². The Balaban J connectivity index is 1.83. The van der Waals surface area contributed by atoms with Gasteiger partial charge in [-0.05, 0) is 30.9 Å². The minimum absolute atomic E-state index is 0.0256. The van der Waals surface area contributed by atoms with Gasteiger partial charge >= 0.3 is 5.97 Å². The highest BCUT2D eigenvalue weighted by Crippen LogP contribution is 2.31. The van der Waals surface area contributed by atoms with Crippen LogP contribution in [0.1, 0.15) is 43.2 Å². The van der Waals surface area contributed by atoms with Gasteiger partial charge in [-0.2, -0.15) is 0 Å². The Labute approximate surface area is 154 Å². The van der Waals surface area contributed by atoms with E-state index in [0.29, 0.717) is 19.4 Å². The average Bonchev–Trinajstić information content (AvgIpc) is 2.67. The number of rotatable bonds is 5. The van der Waals surface area contributed by atoms with E-state index >= 15 is 0 Å². The Hall–Kier alpha value is -2.62. The van der Waals surface area contributed by atoms with Crippen LogP contribution in [0.4, 0.5) is 0 Å². The van der Waals surface area contributed by atoms with Crippen molar-refractivity contribution in [1.82, 2.24) is 4.90 Å². The standard InChI is InChI=1S/C22H25NO3/c1-16-19(22(25)26)13-8-14-23(16)21(24)15-20(17-9-4-2-5-10-17)18-11-6-3-7-12-18/h2-7,9-12,16,19-20H,8,13-15H2,1H3,(H,25,26)/t16-,19-/m1/s1. The minimum Gasteiger partial charge on any atom is -0.481 e. The molecule has 0 spiro atoms. The molecular formula is C22H25NO3. The first-order valence-corrected chi connectivity index (χ1v) is 9.20. The van der Waals surface area contributed by atoms with Crippen LogP contribution >= 0.6 is 0 Å². The molecule has 1 heterocycles. The minimum atomic E-state index is -0.808. The lowest BCUT2D eigenvalue weighted by molar-refractivity contribution is -0.149. The number of benzene rings is 2. The van der Waals surface area contributed by atoms with E-state index in [2.05, 4.69) is 0 Å². The Bertz CT molecular complexity index is 705. The number of aliphatic carboxylic acids is 1. The number of piperidine rings is 1. The summed E-state index contributed by atoms with van der Waals surface area (Å²) in [5.74, 6) is -1.28. The Kier molecular flexibility index (Phi) is 5.71. The van der Waals surface area contributed by atoms with Gasteiger partial charge < -0.3 is 10.0 Å². The number of nitrogens with zero attached hydrogens (tertiary/aromatic N) is 1. The van der Waals surface area contributed by atoms with E-state index in [1.807, 2.05) is 67.6 Å². The SMILES string of the molecule is C[C@@H]1[C@H](C(=O)O)CCCN1C(=O)CC(c1ccccc1)c1ccccc1.